The van der Waals surface area contributed by atoms with Crippen LogP contribution in [0.15, 0.2) is 24.3 Å². The second-order valence-electron chi connectivity index (χ2n) is 5.51. The van der Waals surface area contributed by atoms with Crippen LogP contribution in [-0.2, 0) is 17.9 Å². The van der Waals surface area contributed by atoms with Crippen molar-refractivity contribution in [3.8, 4) is 0 Å². The molecular weight excluding hydrogens is 236 g/mol. The summed E-state index contributed by atoms with van der Waals surface area (Å²) >= 11 is 0. The lowest BCUT2D eigenvalue weighted by Gasteiger charge is -2.16. The van der Waals surface area contributed by atoms with Crippen LogP contribution in [0.3, 0.4) is 0 Å². The summed E-state index contributed by atoms with van der Waals surface area (Å²) in [5.74, 6) is 0. The zero-order chi connectivity index (χ0) is 14.0. The Morgan fingerprint density at radius 2 is 1.95 bits per heavy atom. The first-order chi connectivity index (χ1) is 9.04. The van der Waals surface area contributed by atoms with Gasteiger partial charge in [-0.15, -0.1) is 0 Å². The number of hydrogen-bond donors (Lipinski definition) is 1. The quantitative estimate of drug-likeness (QED) is 0.892. The van der Waals surface area contributed by atoms with Crippen LogP contribution in [0.5, 0.6) is 0 Å². The Labute approximate surface area is 115 Å². The maximum Gasteiger partial charge on any atom is 0.0871 e. The van der Waals surface area contributed by atoms with Gasteiger partial charge in [-0.1, -0.05) is 12.1 Å². The highest BCUT2D eigenvalue weighted by atomic mass is 16.5. The summed E-state index contributed by atoms with van der Waals surface area (Å²) in [4.78, 5) is 0. The predicted octanol–water partition coefficient (Wildman–Crippen LogP) is 3.61. The second-order valence-corrected chi connectivity index (χ2v) is 5.51. The van der Waals surface area contributed by atoms with Crippen LogP contribution >= 0.6 is 0 Å². The number of benzene rings is 1. The minimum absolute atomic E-state index is 0.243. The molecule has 0 aliphatic heterocycles. The number of hydrogen-bond acceptors (Lipinski definition) is 2. The Kier molecular flexibility index (Phi) is 4.27. The van der Waals surface area contributed by atoms with Crippen molar-refractivity contribution in [2.24, 2.45) is 5.73 Å². The second kappa shape index (κ2) is 5.76. The average Bonchev–Trinajstić information content (AvgIpc) is 2.74. The van der Waals surface area contributed by atoms with Crippen molar-refractivity contribution >= 4 is 10.9 Å². The minimum atomic E-state index is 0.243. The van der Waals surface area contributed by atoms with Crippen LogP contribution in [0.2, 0.25) is 0 Å². The zero-order valence-electron chi connectivity index (χ0n) is 12.3. The first-order valence-corrected chi connectivity index (χ1v) is 6.98. The molecule has 0 aliphatic carbocycles. The molecule has 19 heavy (non-hydrogen) atoms. The fraction of sp³-hybridized carbons (Fsp3) is 0.500. The van der Waals surface area contributed by atoms with Crippen LogP contribution in [0.4, 0.5) is 0 Å². The summed E-state index contributed by atoms with van der Waals surface area (Å²) < 4.78 is 8.11. The summed E-state index contributed by atoms with van der Waals surface area (Å²) in [6, 6.07) is 8.97. The van der Waals surface area contributed by atoms with E-state index in [9.17, 15) is 0 Å². The Balaban J connectivity index is 2.53. The standard InChI is InChI=1S/C16H24N2O/c1-11(2)18-14(10-19-12(3)4)8-15-13(9-17)6-5-7-16(15)18/h5-8,11-12H,9-10,17H2,1-4H3. The first-order valence-electron chi connectivity index (χ1n) is 6.98. The maximum absolute atomic E-state index is 5.83. The Hall–Kier alpha value is -1.32. The third kappa shape index (κ3) is 2.82. The molecule has 0 aliphatic rings. The van der Waals surface area contributed by atoms with E-state index >= 15 is 0 Å². The van der Waals surface area contributed by atoms with Gasteiger partial charge >= 0.3 is 0 Å². The van der Waals surface area contributed by atoms with Gasteiger partial charge in [-0.25, -0.2) is 0 Å². The lowest BCUT2D eigenvalue weighted by atomic mass is 10.1. The molecule has 104 valence electrons. The first kappa shape index (κ1) is 14.1. The van der Waals surface area contributed by atoms with Gasteiger partial charge in [-0.3, -0.25) is 0 Å². The van der Waals surface area contributed by atoms with Gasteiger partial charge in [0.25, 0.3) is 0 Å². The van der Waals surface area contributed by atoms with Crippen molar-refractivity contribution in [2.75, 3.05) is 0 Å². The van der Waals surface area contributed by atoms with Gasteiger partial charge in [-0.2, -0.15) is 0 Å². The highest BCUT2D eigenvalue weighted by Gasteiger charge is 2.13. The maximum atomic E-state index is 5.83. The van der Waals surface area contributed by atoms with E-state index in [4.69, 9.17) is 10.5 Å². The molecule has 1 aromatic carbocycles. The molecule has 0 fully saturated rings. The van der Waals surface area contributed by atoms with E-state index in [1.807, 2.05) is 0 Å². The monoisotopic (exact) mass is 260 g/mol. The Morgan fingerprint density at radius 3 is 2.53 bits per heavy atom. The fourth-order valence-corrected chi connectivity index (χ4v) is 2.52. The number of aromatic nitrogens is 1. The predicted molar refractivity (Wildman–Crippen MR) is 80.1 cm³/mol. The van der Waals surface area contributed by atoms with Crippen LogP contribution in [0.25, 0.3) is 10.9 Å². The Bertz CT molecular complexity index is 555. The smallest absolute Gasteiger partial charge is 0.0871 e. The summed E-state index contributed by atoms with van der Waals surface area (Å²) in [6.07, 6.45) is 0.243. The average molecular weight is 260 g/mol. The largest absolute Gasteiger partial charge is 0.373 e. The molecule has 2 aromatic rings. The molecule has 0 saturated heterocycles. The van der Waals surface area contributed by atoms with E-state index in [0.717, 1.165) is 0 Å². The molecule has 3 nitrogen and oxygen atoms in total. The lowest BCUT2D eigenvalue weighted by molar-refractivity contribution is 0.0615. The summed E-state index contributed by atoms with van der Waals surface area (Å²) in [5.41, 5.74) is 9.50. The van der Waals surface area contributed by atoms with Crippen molar-refractivity contribution < 1.29 is 4.74 Å². The Morgan fingerprint density at radius 1 is 1.21 bits per heavy atom. The van der Waals surface area contributed by atoms with Crippen LogP contribution < -0.4 is 5.73 Å². The molecule has 0 saturated carbocycles. The molecule has 0 bridgehead atoms. The molecule has 0 spiro atoms. The van der Waals surface area contributed by atoms with Gasteiger partial charge in [0, 0.05) is 29.2 Å². The molecule has 2 N–H and O–H groups in total. The summed E-state index contributed by atoms with van der Waals surface area (Å²) in [7, 11) is 0. The van der Waals surface area contributed by atoms with E-state index in [1.165, 1.54) is 22.2 Å². The molecule has 0 unspecified atom stereocenters. The highest BCUT2D eigenvalue weighted by molar-refractivity contribution is 5.85. The normalized spacial score (nSPS) is 11.9. The van der Waals surface area contributed by atoms with Gasteiger partial charge < -0.3 is 15.0 Å². The topological polar surface area (TPSA) is 40.2 Å². The number of fused-ring (bicyclic) bond motifs is 1. The molecule has 1 aromatic heterocycles. The van der Waals surface area contributed by atoms with Gasteiger partial charge in [0.15, 0.2) is 0 Å². The van der Waals surface area contributed by atoms with Gasteiger partial charge in [-0.05, 0) is 45.4 Å². The molecule has 3 heteroatoms. The van der Waals surface area contributed by atoms with E-state index < -0.39 is 0 Å². The van der Waals surface area contributed by atoms with E-state index in [0.29, 0.717) is 19.2 Å². The van der Waals surface area contributed by atoms with Gasteiger partial charge in [0.05, 0.1) is 12.7 Å². The van der Waals surface area contributed by atoms with Crippen LogP contribution in [-0.4, -0.2) is 10.7 Å². The highest BCUT2D eigenvalue weighted by Crippen LogP contribution is 2.27. The lowest BCUT2D eigenvalue weighted by Crippen LogP contribution is -2.09. The molecule has 0 atom stereocenters. The number of ether oxygens (including phenoxy) is 1. The molecule has 2 rings (SSSR count). The van der Waals surface area contributed by atoms with Gasteiger partial charge in [0.1, 0.15) is 0 Å². The van der Waals surface area contributed by atoms with Gasteiger partial charge in [0.2, 0.25) is 0 Å². The third-order valence-corrected chi connectivity index (χ3v) is 3.35. The summed E-state index contributed by atoms with van der Waals surface area (Å²) in [6.45, 7) is 9.75. The van der Waals surface area contributed by atoms with Crippen LogP contribution in [0, 0.1) is 0 Å². The van der Waals surface area contributed by atoms with Crippen molar-refractivity contribution in [1.29, 1.82) is 0 Å². The van der Waals surface area contributed by atoms with Crippen LogP contribution in [0.1, 0.15) is 45.0 Å². The molecule has 1 heterocycles. The molecule has 0 radical (unpaired) electrons. The number of nitrogens with zero attached hydrogens (tertiary/aromatic N) is 1. The van der Waals surface area contributed by atoms with Crippen molar-refractivity contribution in [3.63, 3.8) is 0 Å². The fourth-order valence-electron chi connectivity index (χ4n) is 2.52. The van der Waals surface area contributed by atoms with E-state index in [-0.39, 0.29) is 6.10 Å². The van der Waals surface area contributed by atoms with E-state index in [2.05, 4.69) is 56.5 Å². The summed E-state index contributed by atoms with van der Waals surface area (Å²) in [5, 5.41) is 1.25. The number of nitrogens with two attached hydrogens (primary N) is 1. The molecule has 0 amide bonds. The van der Waals surface area contributed by atoms with Crippen molar-refractivity contribution in [3.05, 3.63) is 35.5 Å². The third-order valence-electron chi connectivity index (χ3n) is 3.35. The zero-order valence-corrected chi connectivity index (χ0v) is 12.3. The van der Waals surface area contributed by atoms with E-state index in [1.54, 1.807) is 0 Å². The molecular formula is C16H24N2O. The van der Waals surface area contributed by atoms with Crippen molar-refractivity contribution in [1.82, 2.24) is 4.57 Å². The SMILES string of the molecule is CC(C)OCc1cc2c(CN)cccc2n1C(C)C. The van der Waals surface area contributed by atoms with Crippen molar-refractivity contribution in [2.45, 2.75) is 53.0 Å². The minimum Gasteiger partial charge on any atom is -0.373 e. The number of rotatable bonds is 5.